The Morgan fingerprint density at radius 3 is 1.95 bits per heavy atom. The van der Waals surface area contributed by atoms with Crippen LogP contribution in [0.15, 0.2) is 42.5 Å². The molecule has 2 aromatic rings. The van der Waals surface area contributed by atoms with Crippen molar-refractivity contribution in [1.29, 1.82) is 0 Å². The second-order valence-corrected chi connectivity index (χ2v) is 4.18. The minimum Gasteiger partial charge on any atom is -0.494 e. The lowest BCUT2D eigenvalue weighted by Gasteiger charge is -2.10. The van der Waals surface area contributed by atoms with Crippen molar-refractivity contribution in [2.45, 2.75) is 13.8 Å². The lowest BCUT2D eigenvalue weighted by Crippen LogP contribution is -1.95. The summed E-state index contributed by atoms with van der Waals surface area (Å²) in [7, 11) is 0. The molecule has 0 spiro atoms. The van der Waals surface area contributed by atoms with Gasteiger partial charge in [0.05, 0.1) is 13.2 Å². The van der Waals surface area contributed by atoms with Gasteiger partial charge in [0.15, 0.2) is 0 Å². The molecule has 4 heteroatoms. The van der Waals surface area contributed by atoms with Crippen LogP contribution in [0.4, 0.5) is 5.69 Å². The molecule has 2 N–H and O–H groups in total. The molecule has 2 aromatic carbocycles. The normalized spacial score (nSPS) is 10.1. The summed E-state index contributed by atoms with van der Waals surface area (Å²) in [5, 5.41) is 0. The van der Waals surface area contributed by atoms with Gasteiger partial charge in [-0.1, -0.05) is 0 Å². The topological polar surface area (TPSA) is 53.7 Å². The fourth-order valence-electron chi connectivity index (χ4n) is 1.81. The first kappa shape index (κ1) is 14.1. The van der Waals surface area contributed by atoms with Gasteiger partial charge in [0.2, 0.25) is 0 Å². The summed E-state index contributed by atoms with van der Waals surface area (Å²) in [6.07, 6.45) is 0. The molecule has 20 heavy (non-hydrogen) atoms. The van der Waals surface area contributed by atoms with Gasteiger partial charge in [-0.15, -0.1) is 0 Å². The highest BCUT2D eigenvalue weighted by Crippen LogP contribution is 2.29. The number of anilines is 1. The molecule has 106 valence electrons. The Bertz CT molecular complexity index is 552. The van der Waals surface area contributed by atoms with Crippen molar-refractivity contribution in [3.05, 3.63) is 42.5 Å². The van der Waals surface area contributed by atoms with E-state index in [9.17, 15) is 0 Å². The van der Waals surface area contributed by atoms with Crippen LogP contribution < -0.4 is 19.9 Å². The van der Waals surface area contributed by atoms with E-state index in [0.29, 0.717) is 30.4 Å². The summed E-state index contributed by atoms with van der Waals surface area (Å²) < 4.78 is 16.6. The Balaban J connectivity index is 2.12. The Hall–Kier alpha value is -2.36. The summed E-state index contributed by atoms with van der Waals surface area (Å²) in [5.41, 5.74) is 6.44. The van der Waals surface area contributed by atoms with Gasteiger partial charge >= 0.3 is 0 Å². The van der Waals surface area contributed by atoms with Crippen molar-refractivity contribution in [2.75, 3.05) is 18.9 Å². The van der Waals surface area contributed by atoms with Gasteiger partial charge in [-0.2, -0.15) is 0 Å². The molecule has 0 saturated heterocycles. The van der Waals surface area contributed by atoms with Gasteiger partial charge in [-0.3, -0.25) is 0 Å². The standard InChI is InChI=1S/C16H19NO3/c1-3-18-13-5-7-14(8-6-13)20-16-10-12(17)9-15(11-16)19-4-2/h5-11H,3-4,17H2,1-2H3. The number of rotatable bonds is 6. The maximum atomic E-state index is 5.83. The molecule has 0 bridgehead atoms. The molecule has 0 unspecified atom stereocenters. The van der Waals surface area contributed by atoms with Crippen LogP contribution >= 0.6 is 0 Å². The van der Waals surface area contributed by atoms with Crippen molar-refractivity contribution in [3.8, 4) is 23.0 Å². The van der Waals surface area contributed by atoms with Crippen LogP contribution in [-0.4, -0.2) is 13.2 Å². The molecular formula is C16H19NO3. The SMILES string of the molecule is CCOc1ccc(Oc2cc(N)cc(OCC)c2)cc1. The Labute approximate surface area is 119 Å². The second-order valence-electron chi connectivity index (χ2n) is 4.18. The number of benzene rings is 2. The number of hydrogen-bond donors (Lipinski definition) is 1. The summed E-state index contributed by atoms with van der Waals surface area (Å²) in [6, 6.07) is 12.8. The number of hydrogen-bond acceptors (Lipinski definition) is 4. The summed E-state index contributed by atoms with van der Waals surface area (Å²) in [6.45, 7) is 5.11. The predicted octanol–water partition coefficient (Wildman–Crippen LogP) is 3.86. The number of nitrogen functional groups attached to an aromatic ring is 1. The van der Waals surface area contributed by atoms with Gasteiger partial charge in [-0.25, -0.2) is 0 Å². The predicted molar refractivity (Wildman–Crippen MR) is 79.7 cm³/mol. The molecule has 0 saturated carbocycles. The van der Waals surface area contributed by atoms with E-state index in [1.807, 2.05) is 44.2 Å². The van der Waals surface area contributed by atoms with Gasteiger partial charge in [0, 0.05) is 23.9 Å². The van der Waals surface area contributed by atoms with E-state index in [-0.39, 0.29) is 0 Å². The highest BCUT2D eigenvalue weighted by molar-refractivity contribution is 5.51. The van der Waals surface area contributed by atoms with Gasteiger partial charge in [-0.05, 0) is 38.1 Å². The quantitative estimate of drug-likeness (QED) is 0.812. The zero-order chi connectivity index (χ0) is 14.4. The van der Waals surface area contributed by atoms with Crippen LogP contribution in [0, 0.1) is 0 Å². The highest BCUT2D eigenvalue weighted by Gasteiger charge is 2.03. The maximum absolute atomic E-state index is 5.83. The molecule has 0 heterocycles. The first-order chi connectivity index (χ1) is 9.71. The Morgan fingerprint density at radius 2 is 1.30 bits per heavy atom. The third-order valence-corrected chi connectivity index (χ3v) is 2.58. The smallest absolute Gasteiger partial charge is 0.133 e. The second kappa shape index (κ2) is 6.70. The molecule has 2 rings (SSSR count). The molecule has 0 aliphatic heterocycles. The molecule has 4 nitrogen and oxygen atoms in total. The van der Waals surface area contributed by atoms with Crippen molar-refractivity contribution in [3.63, 3.8) is 0 Å². The van der Waals surface area contributed by atoms with Crippen LogP contribution in [-0.2, 0) is 0 Å². The van der Waals surface area contributed by atoms with E-state index in [2.05, 4.69) is 0 Å². The minimum absolute atomic E-state index is 0.589. The zero-order valence-electron chi connectivity index (χ0n) is 11.8. The van der Waals surface area contributed by atoms with E-state index in [1.54, 1.807) is 12.1 Å². The van der Waals surface area contributed by atoms with Gasteiger partial charge in [0.25, 0.3) is 0 Å². The van der Waals surface area contributed by atoms with Crippen LogP contribution in [0.2, 0.25) is 0 Å². The summed E-state index contributed by atoms with van der Waals surface area (Å²) >= 11 is 0. The average Bonchev–Trinajstić information content (AvgIpc) is 2.41. The first-order valence-electron chi connectivity index (χ1n) is 6.65. The van der Waals surface area contributed by atoms with E-state index >= 15 is 0 Å². The zero-order valence-corrected chi connectivity index (χ0v) is 11.8. The Morgan fingerprint density at radius 1 is 0.750 bits per heavy atom. The minimum atomic E-state index is 0.589. The summed E-state index contributed by atoms with van der Waals surface area (Å²) in [4.78, 5) is 0. The van der Waals surface area contributed by atoms with Crippen LogP contribution in [0.5, 0.6) is 23.0 Å². The molecule has 0 aliphatic rings. The third-order valence-electron chi connectivity index (χ3n) is 2.58. The van der Waals surface area contributed by atoms with Gasteiger partial charge < -0.3 is 19.9 Å². The molecule has 0 aliphatic carbocycles. The fraction of sp³-hybridized carbons (Fsp3) is 0.250. The van der Waals surface area contributed by atoms with E-state index in [4.69, 9.17) is 19.9 Å². The molecular weight excluding hydrogens is 254 g/mol. The van der Waals surface area contributed by atoms with Gasteiger partial charge in [0.1, 0.15) is 23.0 Å². The lowest BCUT2D eigenvalue weighted by atomic mass is 10.2. The fourth-order valence-corrected chi connectivity index (χ4v) is 1.81. The molecule has 0 aromatic heterocycles. The Kier molecular flexibility index (Phi) is 4.71. The number of nitrogens with two attached hydrogens (primary N) is 1. The largest absolute Gasteiger partial charge is 0.494 e. The molecule has 0 atom stereocenters. The average molecular weight is 273 g/mol. The third kappa shape index (κ3) is 3.82. The molecule has 0 radical (unpaired) electrons. The maximum Gasteiger partial charge on any atom is 0.133 e. The van der Waals surface area contributed by atoms with Crippen molar-refractivity contribution < 1.29 is 14.2 Å². The van der Waals surface area contributed by atoms with Crippen LogP contribution in [0.3, 0.4) is 0 Å². The first-order valence-corrected chi connectivity index (χ1v) is 6.65. The summed E-state index contributed by atoms with van der Waals surface area (Å²) in [5.74, 6) is 2.90. The van der Waals surface area contributed by atoms with Crippen molar-refractivity contribution >= 4 is 5.69 Å². The highest BCUT2D eigenvalue weighted by atomic mass is 16.5. The molecule has 0 fully saturated rings. The van der Waals surface area contributed by atoms with E-state index < -0.39 is 0 Å². The monoisotopic (exact) mass is 273 g/mol. The van der Waals surface area contributed by atoms with Crippen LogP contribution in [0.1, 0.15) is 13.8 Å². The molecule has 0 amide bonds. The lowest BCUT2D eigenvalue weighted by molar-refractivity contribution is 0.337. The van der Waals surface area contributed by atoms with E-state index in [1.165, 1.54) is 0 Å². The van der Waals surface area contributed by atoms with Crippen molar-refractivity contribution in [2.24, 2.45) is 0 Å². The van der Waals surface area contributed by atoms with Crippen molar-refractivity contribution in [1.82, 2.24) is 0 Å². The number of ether oxygens (including phenoxy) is 3. The van der Waals surface area contributed by atoms with E-state index in [0.717, 1.165) is 11.5 Å². The van der Waals surface area contributed by atoms with Crippen LogP contribution in [0.25, 0.3) is 0 Å².